The van der Waals surface area contributed by atoms with Crippen LogP contribution in [0.5, 0.6) is 0 Å². The molecule has 2 fully saturated rings. The molecular weight excluding hydrogens is 324 g/mol. The summed E-state index contributed by atoms with van der Waals surface area (Å²) in [5.74, 6) is 0.116. The summed E-state index contributed by atoms with van der Waals surface area (Å²) in [7, 11) is 6.14. The van der Waals surface area contributed by atoms with Crippen molar-refractivity contribution in [1.29, 1.82) is 0 Å². The number of benzene rings is 1. The van der Waals surface area contributed by atoms with Crippen LogP contribution in [-0.4, -0.2) is 81.0 Å². The van der Waals surface area contributed by atoms with Crippen LogP contribution in [0.1, 0.15) is 30.0 Å². The highest BCUT2D eigenvalue weighted by Crippen LogP contribution is 2.45. The number of hydrogen-bond acceptors (Lipinski definition) is 4. The van der Waals surface area contributed by atoms with Crippen LogP contribution < -0.4 is 5.32 Å². The molecule has 2 aliphatic rings. The minimum atomic E-state index is -0.227. The van der Waals surface area contributed by atoms with E-state index in [9.17, 15) is 4.79 Å². The normalized spacial score (nSPS) is 21.6. The molecule has 0 spiro atoms. The van der Waals surface area contributed by atoms with Gasteiger partial charge in [0.15, 0.2) is 0 Å². The van der Waals surface area contributed by atoms with Crippen molar-refractivity contribution in [3.05, 3.63) is 35.4 Å². The Morgan fingerprint density at radius 2 is 1.92 bits per heavy atom. The van der Waals surface area contributed by atoms with E-state index in [-0.39, 0.29) is 11.9 Å². The van der Waals surface area contributed by atoms with E-state index in [1.54, 1.807) is 0 Å². The second-order valence-electron chi connectivity index (χ2n) is 8.58. The summed E-state index contributed by atoms with van der Waals surface area (Å²) in [6, 6.07) is 8.04. The first kappa shape index (κ1) is 19.3. The molecule has 1 amide bonds. The summed E-state index contributed by atoms with van der Waals surface area (Å²) in [5, 5.41) is 3.27. The minimum absolute atomic E-state index is 0.116. The van der Waals surface area contributed by atoms with Crippen LogP contribution in [0.3, 0.4) is 0 Å². The molecule has 1 N–H and O–H groups in total. The van der Waals surface area contributed by atoms with Crippen LogP contribution in [-0.2, 0) is 4.79 Å². The molecule has 1 aromatic carbocycles. The lowest BCUT2D eigenvalue weighted by Crippen LogP contribution is -2.48. The number of nitrogens with zero attached hydrogens (tertiary/aromatic N) is 3. The molecule has 5 heteroatoms. The first-order valence-corrected chi connectivity index (χ1v) is 9.80. The predicted molar refractivity (Wildman–Crippen MR) is 106 cm³/mol. The molecule has 1 atom stereocenters. The van der Waals surface area contributed by atoms with Gasteiger partial charge in [0.05, 0.1) is 0 Å². The van der Waals surface area contributed by atoms with Gasteiger partial charge in [-0.3, -0.25) is 9.69 Å². The Hall–Kier alpha value is -1.43. The number of rotatable bonds is 7. The Balaban J connectivity index is 1.56. The van der Waals surface area contributed by atoms with Crippen molar-refractivity contribution < 1.29 is 4.79 Å². The molecular formula is C21H34N4O. The van der Waals surface area contributed by atoms with Gasteiger partial charge < -0.3 is 15.1 Å². The molecule has 1 saturated heterocycles. The quantitative estimate of drug-likeness (QED) is 0.806. The third kappa shape index (κ3) is 4.84. The first-order valence-electron chi connectivity index (χ1n) is 9.80. The average Bonchev–Trinajstić information content (AvgIpc) is 3.35. The van der Waals surface area contributed by atoms with Crippen LogP contribution in [0, 0.1) is 12.3 Å². The molecule has 0 radical (unpaired) electrons. The summed E-state index contributed by atoms with van der Waals surface area (Å²) >= 11 is 0. The van der Waals surface area contributed by atoms with E-state index in [0.29, 0.717) is 5.41 Å². The van der Waals surface area contributed by atoms with Crippen LogP contribution in [0.2, 0.25) is 0 Å². The van der Waals surface area contributed by atoms with Crippen molar-refractivity contribution >= 4 is 5.91 Å². The monoisotopic (exact) mass is 358 g/mol. The molecule has 144 valence electrons. The maximum Gasteiger partial charge on any atom is 0.241 e. The molecule has 3 rings (SSSR count). The van der Waals surface area contributed by atoms with Gasteiger partial charge in [-0.1, -0.05) is 29.8 Å². The number of likely N-dealkylation sites (N-methyl/N-ethyl adjacent to an activating group) is 2. The molecule has 5 nitrogen and oxygen atoms in total. The largest absolute Gasteiger partial charge is 0.354 e. The molecule has 1 saturated carbocycles. The lowest BCUT2D eigenvalue weighted by molar-refractivity contribution is -0.126. The molecule has 1 aliphatic heterocycles. The van der Waals surface area contributed by atoms with Gasteiger partial charge in [0, 0.05) is 44.7 Å². The van der Waals surface area contributed by atoms with Gasteiger partial charge in [0.25, 0.3) is 0 Å². The smallest absolute Gasteiger partial charge is 0.241 e. The topological polar surface area (TPSA) is 38.8 Å². The van der Waals surface area contributed by atoms with Gasteiger partial charge in [-0.2, -0.15) is 0 Å². The van der Waals surface area contributed by atoms with Crippen molar-refractivity contribution in [2.75, 3.05) is 60.4 Å². The molecule has 0 aromatic heterocycles. The van der Waals surface area contributed by atoms with Crippen molar-refractivity contribution in [1.82, 2.24) is 20.0 Å². The Morgan fingerprint density at radius 1 is 1.23 bits per heavy atom. The number of nitrogens with one attached hydrogen (secondary N) is 1. The second-order valence-corrected chi connectivity index (χ2v) is 8.58. The maximum atomic E-state index is 12.9. The summed E-state index contributed by atoms with van der Waals surface area (Å²) in [4.78, 5) is 19.9. The van der Waals surface area contributed by atoms with Gasteiger partial charge in [0.1, 0.15) is 6.04 Å². The van der Waals surface area contributed by atoms with Crippen molar-refractivity contribution in [2.45, 2.75) is 25.8 Å². The van der Waals surface area contributed by atoms with Gasteiger partial charge in [-0.15, -0.1) is 0 Å². The highest BCUT2D eigenvalue weighted by Gasteiger charge is 2.44. The summed E-state index contributed by atoms with van der Waals surface area (Å²) in [6.07, 6.45) is 2.47. The number of hydrogen-bond donors (Lipinski definition) is 1. The fourth-order valence-corrected chi connectivity index (χ4v) is 3.94. The molecule has 0 bridgehead atoms. The standard InChI is InChI=1S/C21H34N4O/c1-17-6-5-7-18(14-17)19(23(2)3)20(26)22-15-21(8-9-21)16-25-12-10-24(4)11-13-25/h5-7,14,19H,8-13,15-16H2,1-4H3,(H,22,26)/t19-/m1/s1. The number of carbonyl (C=O) groups is 1. The third-order valence-electron chi connectivity index (χ3n) is 5.87. The van der Waals surface area contributed by atoms with Crippen molar-refractivity contribution in [2.24, 2.45) is 5.41 Å². The van der Waals surface area contributed by atoms with E-state index in [2.05, 4.69) is 41.2 Å². The lowest BCUT2D eigenvalue weighted by Gasteiger charge is -2.35. The molecule has 1 aliphatic carbocycles. The highest BCUT2D eigenvalue weighted by molar-refractivity contribution is 5.83. The molecule has 0 unspecified atom stereocenters. The number of amides is 1. The van der Waals surface area contributed by atoms with Crippen LogP contribution in [0.25, 0.3) is 0 Å². The summed E-state index contributed by atoms with van der Waals surface area (Å²) < 4.78 is 0. The first-order chi connectivity index (χ1) is 12.4. The zero-order chi connectivity index (χ0) is 18.7. The van der Waals surface area contributed by atoms with E-state index >= 15 is 0 Å². The number of carbonyl (C=O) groups excluding carboxylic acids is 1. The Bertz CT molecular complexity index is 618. The van der Waals surface area contributed by atoms with Gasteiger partial charge >= 0.3 is 0 Å². The third-order valence-corrected chi connectivity index (χ3v) is 5.87. The van der Waals surface area contributed by atoms with E-state index in [0.717, 1.165) is 44.8 Å². The summed E-state index contributed by atoms with van der Waals surface area (Å²) in [6.45, 7) is 8.60. The zero-order valence-corrected chi connectivity index (χ0v) is 16.8. The van der Waals surface area contributed by atoms with Crippen LogP contribution in [0.4, 0.5) is 0 Å². The number of aryl methyl sites for hydroxylation is 1. The molecule has 1 heterocycles. The Kier molecular flexibility index (Phi) is 6.00. The van der Waals surface area contributed by atoms with Crippen LogP contribution in [0.15, 0.2) is 24.3 Å². The SMILES string of the molecule is Cc1cccc([C@H](C(=O)NCC2(CN3CCN(C)CC3)CC2)N(C)C)c1. The fourth-order valence-electron chi connectivity index (χ4n) is 3.94. The Labute approximate surface area is 158 Å². The minimum Gasteiger partial charge on any atom is -0.354 e. The predicted octanol–water partition coefficient (Wildman–Crippen LogP) is 1.74. The van der Waals surface area contributed by atoms with E-state index in [1.165, 1.54) is 18.4 Å². The van der Waals surface area contributed by atoms with E-state index in [1.807, 2.05) is 31.1 Å². The Morgan fingerprint density at radius 3 is 2.50 bits per heavy atom. The lowest BCUT2D eigenvalue weighted by atomic mass is 10.0. The zero-order valence-electron chi connectivity index (χ0n) is 16.8. The highest BCUT2D eigenvalue weighted by atomic mass is 16.2. The summed E-state index contributed by atoms with van der Waals surface area (Å²) in [5.41, 5.74) is 2.56. The van der Waals surface area contributed by atoms with Crippen LogP contribution >= 0.6 is 0 Å². The van der Waals surface area contributed by atoms with Gasteiger partial charge in [0.2, 0.25) is 5.91 Å². The van der Waals surface area contributed by atoms with E-state index in [4.69, 9.17) is 0 Å². The van der Waals surface area contributed by atoms with Crippen molar-refractivity contribution in [3.63, 3.8) is 0 Å². The van der Waals surface area contributed by atoms with Gasteiger partial charge in [-0.05, 0) is 46.5 Å². The maximum absolute atomic E-state index is 12.9. The number of piperazine rings is 1. The van der Waals surface area contributed by atoms with Gasteiger partial charge in [-0.25, -0.2) is 0 Å². The molecule has 1 aromatic rings. The van der Waals surface area contributed by atoms with Crippen molar-refractivity contribution in [3.8, 4) is 0 Å². The fraction of sp³-hybridized carbons (Fsp3) is 0.667. The average molecular weight is 359 g/mol. The van der Waals surface area contributed by atoms with E-state index < -0.39 is 0 Å². The second kappa shape index (κ2) is 8.07. The molecule has 26 heavy (non-hydrogen) atoms.